The summed E-state index contributed by atoms with van der Waals surface area (Å²) in [5.74, 6) is -0.0153. The highest BCUT2D eigenvalue weighted by Crippen LogP contribution is 2.29. The van der Waals surface area contributed by atoms with E-state index in [4.69, 9.17) is 16.0 Å². The molecule has 0 spiro atoms. The molecule has 0 amide bonds. The van der Waals surface area contributed by atoms with E-state index in [0.717, 1.165) is 11.8 Å². The van der Waals surface area contributed by atoms with E-state index < -0.39 is 11.2 Å². The third-order valence-electron chi connectivity index (χ3n) is 2.70. The number of rotatable bonds is 3. The van der Waals surface area contributed by atoms with Crippen LogP contribution in [0.3, 0.4) is 0 Å². The molecule has 20 heavy (non-hydrogen) atoms. The van der Waals surface area contributed by atoms with E-state index in [2.05, 4.69) is 15.2 Å². The predicted octanol–water partition coefficient (Wildman–Crippen LogP) is 3.60. The lowest BCUT2D eigenvalue weighted by molar-refractivity contribution is 0.512. The van der Waals surface area contributed by atoms with Crippen LogP contribution in [0.4, 0.5) is 4.39 Å². The van der Waals surface area contributed by atoms with Gasteiger partial charge in [0.2, 0.25) is 11.8 Å². The molecule has 0 bridgehead atoms. The summed E-state index contributed by atoms with van der Waals surface area (Å²) in [4.78, 5) is 3.74. The number of hydrogen-bond acceptors (Lipinski definition) is 4. The predicted molar refractivity (Wildman–Crippen MR) is 71.6 cm³/mol. The van der Waals surface area contributed by atoms with E-state index in [1.807, 2.05) is 30.3 Å². The third-order valence-corrected chi connectivity index (χ3v) is 3.14. The molecule has 0 radical (unpaired) electrons. The Kier molecular flexibility index (Phi) is 3.43. The molecule has 2 heterocycles. The number of nitrogens with zero attached hydrogens (tertiary/aromatic N) is 3. The van der Waals surface area contributed by atoms with Crippen LogP contribution in [-0.2, 0) is 0 Å². The SMILES string of the molecule is Fc1cncc(-c2nnc(C(Cl)c3ccccc3)o2)c1. The fourth-order valence-electron chi connectivity index (χ4n) is 1.75. The van der Waals surface area contributed by atoms with E-state index in [-0.39, 0.29) is 11.8 Å². The molecule has 0 saturated heterocycles. The normalized spacial score (nSPS) is 12.3. The number of alkyl halides is 1. The maximum absolute atomic E-state index is 13.1. The van der Waals surface area contributed by atoms with Crippen molar-refractivity contribution in [1.29, 1.82) is 0 Å². The summed E-state index contributed by atoms with van der Waals surface area (Å²) in [5.41, 5.74) is 1.27. The standard InChI is InChI=1S/C14H9ClFN3O/c15-12(9-4-2-1-3-5-9)14-19-18-13(20-14)10-6-11(16)8-17-7-10/h1-8,12H. The van der Waals surface area contributed by atoms with Crippen LogP contribution in [0, 0.1) is 5.82 Å². The van der Waals surface area contributed by atoms with Crippen molar-refractivity contribution < 1.29 is 8.81 Å². The van der Waals surface area contributed by atoms with Gasteiger partial charge in [0.15, 0.2) is 0 Å². The van der Waals surface area contributed by atoms with Crippen LogP contribution in [0.25, 0.3) is 11.5 Å². The molecule has 1 atom stereocenters. The molecule has 0 aliphatic rings. The Morgan fingerprint density at radius 3 is 2.65 bits per heavy atom. The first kappa shape index (κ1) is 12.7. The van der Waals surface area contributed by atoms with Crippen molar-refractivity contribution in [1.82, 2.24) is 15.2 Å². The molecule has 0 aliphatic carbocycles. The van der Waals surface area contributed by atoms with Gasteiger partial charge in [-0.15, -0.1) is 21.8 Å². The van der Waals surface area contributed by atoms with E-state index in [1.165, 1.54) is 12.3 Å². The summed E-state index contributed by atoms with van der Waals surface area (Å²) in [5, 5.41) is 7.22. The van der Waals surface area contributed by atoms with E-state index >= 15 is 0 Å². The van der Waals surface area contributed by atoms with Gasteiger partial charge >= 0.3 is 0 Å². The van der Waals surface area contributed by atoms with E-state index in [9.17, 15) is 4.39 Å². The van der Waals surface area contributed by atoms with E-state index in [0.29, 0.717) is 5.56 Å². The first-order valence-electron chi connectivity index (χ1n) is 5.87. The molecule has 3 aromatic rings. The summed E-state index contributed by atoms with van der Waals surface area (Å²) in [6.45, 7) is 0. The Bertz CT molecular complexity index is 717. The van der Waals surface area contributed by atoms with Crippen molar-refractivity contribution >= 4 is 11.6 Å². The van der Waals surface area contributed by atoms with Crippen molar-refractivity contribution in [3.05, 3.63) is 66.1 Å². The summed E-state index contributed by atoms with van der Waals surface area (Å²) in [6, 6.07) is 10.6. The van der Waals surface area contributed by atoms with Crippen LogP contribution in [0.2, 0.25) is 0 Å². The molecule has 100 valence electrons. The Labute approximate surface area is 119 Å². The van der Waals surface area contributed by atoms with Crippen LogP contribution in [0.15, 0.2) is 53.2 Å². The Hall–Kier alpha value is -2.27. The quantitative estimate of drug-likeness (QED) is 0.691. The Balaban J connectivity index is 1.91. The van der Waals surface area contributed by atoms with Gasteiger partial charge in [-0.2, -0.15) is 0 Å². The maximum Gasteiger partial charge on any atom is 0.249 e. The van der Waals surface area contributed by atoms with Crippen molar-refractivity contribution in [3.63, 3.8) is 0 Å². The molecule has 0 N–H and O–H groups in total. The smallest absolute Gasteiger partial charge is 0.249 e. The maximum atomic E-state index is 13.1. The largest absolute Gasteiger partial charge is 0.419 e. The minimum atomic E-state index is -0.543. The number of aromatic nitrogens is 3. The monoisotopic (exact) mass is 289 g/mol. The van der Waals surface area contributed by atoms with Gasteiger partial charge in [0, 0.05) is 6.20 Å². The molecule has 0 saturated carbocycles. The van der Waals surface area contributed by atoms with Crippen LogP contribution in [0.5, 0.6) is 0 Å². The van der Waals surface area contributed by atoms with Crippen LogP contribution >= 0.6 is 11.6 Å². The van der Waals surface area contributed by atoms with Crippen LogP contribution < -0.4 is 0 Å². The third kappa shape index (κ3) is 2.53. The van der Waals surface area contributed by atoms with Gasteiger partial charge in [-0.1, -0.05) is 30.3 Å². The highest BCUT2D eigenvalue weighted by molar-refractivity contribution is 6.22. The molecule has 0 fully saturated rings. The molecule has 0 aliphatic heterocycles. The summed E-state index contributed by atoms with van der Waals surface area (Å²) in [6.07, 6.45) is 2.56. The highest BCUT2D eigenvalue weighted by Gasteiger charge is 2.18. The molecule has 4 nitrogen and oxygen atoms in total. The second kappa shape index (κ2) is 5.38. The van der Waals surface area contributed by atoms with Crippen LogP contribution in [-0.4, -0.2) is 15.2 Å². The highest BCUT2D eigenvalue weighted by atomic mass is 35.5. The number of halogens is 2. The van der Waals surface area contributed by atoms with Gasteiger partial charge in [-0.25, -0.2) is 4.39 Å². The number of pyridine rings is 1. The van der Waals surface area contributed by atoms with Gasteiger partial charge < -0.3 is 4.42 Å². The zero-order valence-corrected chi connectivity index (χ0v) is 11.0. The fourth-order valence-corrected chi connectivity index (χ4v) is 1.98. The number of hydrogen-bond donors (Lipinski definition) is 0. The second-order valence-corrected chi connectivity index (χ2v) is 4.55. The lowest BCUT2D eigenvalue weighted by Crippen LogP contribution is -1.92. The van der Waals surface area contributed by atoms with Crippen molar-refractivity contribution in [2.45, 2.75) is 5.38 Å². The molecule has 1 aromatic carbocycles. The van der Waals surface area contributed by atoms with Crippen molar-refractivity contribution in [2.24, 2.45) is 0 Å². The Morgan fingerprint density at radius 2 is 1.90 bits per heavy atom. The van der Waals surface area contributed by atoms with E-state index in [1.54, 1.807) is 0 Å². The van der Waals surface area contributed by atoms with Gasteiger partial charge in [0.1, 0.15) is 11.2 Å². The van der Waals surface area contributed by atoms with Gasteiger partial charge in [0.05, 0.1) is 11.8 Å². The van der Waals surface area contributed by atoms with Gasteiger partial charge in [-0.05, 0) is 11.6 Å². The summed E-state index contributed by atoms with van der Waals surface area (Å²) >= 11 is 6.28. The average molecular weight is 290 g/mol. The topological polar surface area (TPSA) is 51.8 Å². The molecule has 1 unspecified atom stereocenters. The molecular weight excluding hydrogens is 281 g/mol. The molecule has 2 aromatic heterocycles. The first-order valence-corrected chi connectivity index (χ1v) is 6.31. The minimum Gasteiger partial charge on any atom is -0.419 e. The zero-order valence-electron chi connectivity index (χ0n) is 10.2. The number of benzene rings is 1. The second-order valence-electron chi connectivity index (χ2n) is 4.11. The van der Waals surface area contributed by atoms with Gasteiger partial charge in [-0.3, -0.25) is 4.98 Å². The molecule has 3 rings (SSSR count). The molecule has 6 heteroatoms. The zero-order chi connectivity index (χ0) is 13.9. The summed E-state index contributed by atoms with van der Waals surface area (Å²) < 4.78 is 18.6. The molecular formula is C14H9ClFN3O. The first-order chi connectivity index (χ1) is 9.74. The van der Waals surface area contributed by atoms with Gasteiger partial charge in [0.25, 0.3) is 0 Å². The lowest BCUT2D eigenvalue weighted by Gasteiger charge is -2.03. The fraction of sp³-hybridized carbons (Fsp3) is 0.0714. The average Bonchev–Trinajstić information content (AvgIpc) is 2.97. The van der Waals surface area contributed by atoms with Crippen molar-refractivity contribution in [2.75, 3.05) is 0 Å². The van der Waals surface area contributed by atoms with Crippen molar-refractivity contribution in [3.8, 4) is 11.5 Å². The van der Waals surface area contributed by atoms with Crippen LogP contribution in [0.1, 0.15) is 16.8 Å². The lowest BCUT2D eigenvalue weighted by atomic mass is 10.1. The Morgan fingerprint density at radius 1 is 1.10 bits per heavy atom. The summed E-state index contributed by atoms with van der Waals surface area (Å²) in [7, 11) is 0. The minimum absolute atomic E-state index is 0.189.